The Labute approximate surface area is 169 Å². The summed E-state index contributed by atoms with van der Waals surface area (Å²) in [5, 5.41) is 39.5. The second kappa shape index (κ2) is 7.61. The fourth-order valence-electron chi connectivity index (χ4n) is 5.21. The lowest BCUT2D eigenvalue weighted by molar-refractivity contribution is -0.298. The van der Waals surface area contributed by atoms with Crippen LogP contribution in [0.4, 0.5) is 0 Å². The number of carbonyl (C=O) groups is 1. The Morgan fingerprint density at radius 2 is 1.76 bits per heavy atom. The average Bonchev–Trinajstić information content (AvgIpc) is 3.08. The maximum absolute atomic E-state index is 11.9. The standard InChI is InChI=1S/C21H28O8/c1-8-4-15-13(10(3)20(25)28-15)5-12-9(2)14(6-11(8)12)27-19-16(7-22)29-21(26)18(24)17(19)23/h11-19,21-24,26H,1-7H2. The van der Waals surface area contributed by atoms with Gasteiger partial charge in [-0.2, -0.15) is 0 Å². The molecule has 2 saturated heterocycles. The van der Waals surface area contributed by atoms with Crippen LogP contribution in [0.2, 0.25) is 0 Å². The zero-order valence-corrected chi connectivity index (χ0v) is 16.1. The number of esters is 1. The first-order chi connectivity index (χ1) is 13.7. The van der Waals surface area contributed by atoms with E-state index in [1.54, 1.807) is 0 Å². The lowest BCUT2D eigenvalue weighted by Crippen LogP contribution is -2.60. The van der Waals surface area contributed by atoms with Crippen molar-refractivity contribution in [1.82, 2.24) is 0 Å². The van der Waals surface area contributed by atoms with E-state index in [-0.39, 0.29) is 29.8 Å². The van der Waals surface area contributed by atoms with Gasteiger partial charge in [0, 0.05) is 17.9 Å². The number of carbonyl (C=O) groups excluding carboxylic acids is 1. The molecule has 0 bridgehead atoms. The highest BCUT2D eigenvalue weighted by molar-refractivity contribution is 5.90. The molecular weight excluding hydrogens is 380 g/mol. The molecule has 2 saturated carbocycles. The predicted octanol–water partition coefficient (Wildman–Crippen LogP) is -0.188. The summed E-state index contributed by atoms with van der Waals surface area (Å²) in [6.07, 6.45) is -5.41. The molecule has 10 atom stereocenters. The Morgan fingerprint density at radius 3 is 2.45 bits per heavy atom. The van der Waals surface area contributed by atoms with Crippen molar-refractivity contribution >= 4 is 5.97 Å². The number of rotatable bonds is 3. The van der Waals surface area contributed by atoms with Crippen LogP contribution >= 0.6 is 0 Å². The Bertz CT molecular complexity index is 730. The lowest BCUT2D eigenvalue weighted by atomic mass is 9.83. The first-order valence-corrected chi connectivity index (χ1v) is 9.95. The third kappa shape index (κ3) is 3.37. The Kier molecular flexibility index (Phi) is 5.43. The summed E-state index contributed by atoms with van der Waals surface area (Å²) in [5.74, 6) is -0.327. The molecule has 4 fully saturated rings. The molecule has 2 aliphatic heterocycles. The van der Waals surface area contributed by atoms with Crippen molar-refractivity contribution < 1.29 is 39.4 Å². The van der Waals surface area contributed by atoms with Gasteiger partial charge in [0.25, 0.3) is 0 Å². The van der Waals surface area contributed by atoms with E-state index in [9.17, 15) is 25.2 Å². The van der Waals surface area contributed by atoms with E-state index in [4.69, 9.17) is 14.2 Å². The minimum absolute atomic E-state index is 0.0264. The van der Waals surface area contributed by atoms with Crippen molar-refractivity contribution in [2.45, 2.75) is 62.2 Å². The van der Waals surface area contributed by atoms with Gasteiger partial charge in [0.05, 0.1) is 12.7 Å². The zero-order valence-electron chi connectivity index (χ0n) is 16.1. The minimum Gasteiger partial charge on any atom is -0.458 e. The smallest absolute Gasteiger partial charge is 0.334 e. The van der Waals surface area contributed by atoms with Crippen LogP contribution in [0.1, 0.15) is 19.3 Å². The average molecular weight is 408 g/mol. The first kappa shape index (κ1) is 20.7. The summed E-state index contributed by atoms with van der Waals surface area (Å²) in [6, 6.07) is 0. The van der Waals surface area contributed by atoms with Crippen LogP contribution in [0.15, 0.2) is 36.5 Å². The van der Waals surface area contributed by atoms with Gasteiger partial charge in [-0.3, -0.25) is 0 Å². The van der Waals surface area contributed by atoms with Crippen LogP contribution in [-0.4, -0.2) is 75.9 Å². The Hall–Kier alpha value is -1.55. The number of hydrogen-bond donors (Lipinski definition) is 4. The fraction of sp³-hybridized carbons (Fsp3) is 0.667. The third-order valence-corrected chi connectivity index (χ3v) is 6.92. The monoisotopic (exact) mass is 408 g/mol. The van der Waals surface area contributed by atoms with E-state index in [1.807, 2.05) is 0 Å². The molecule has 0 amide bonds. The van der Waals surface area contributed by atoms with Gasteiger partial charge in [0.1, 0.15) is 30.5 Å². The van der Waals surface area contributed by atoms with Crippen LogP contribution in [-0.2, 0) is 19.0 Å². The van der Waals surface area contributed by atoms with Gasteiger partial charge in [-0.05, 0) is 30.3 Å². The predicted molar refractivity (Wildman–Crippen MR) is 100 cm³/mol. The summed E-state index contributed by atoms with van der Waals surface area (Å²) in [7, 11) is 0. The summed E-state index contributed by atoms with van der Waals surface area (Å²) in [4.78, 5) is 11.9. The number of aliphatic hydroxyl groups is 4. The van der Waals surface area contributed by atoms with E-state index < -0.39 is 43.4 Å². The van der Waals surface area contributed by atoms with Gasteiger partial charge < -0.3 is 34.6 Å². The topological polar surface area (TPSA) is 126 Å². The maximum Gasteiger partial charge on any atom is 0.334 e. The molecule has 0 aromatic rings. The molecule has 4 rings (SSSR count). The highest BCUT2D eigenvalue weighted by Gasteiger charge is 2.51. The zero-order chi connectivity index (χ0) is 21.0. The number of hydrogen-bond acceptors (Lipinski definition) is 8. The third-order valence-electron chi connectivity index (χ3n) is 6.92. The van der Waals surface area contributed by atoms with E-state index in [2.05, 4.69) is 19.7 Å². The number of ether oxygens (including phenoxy) is 3. The summed E-state index contributed by atoms with van der Waals surface area (Å²) in [6.45, 7) is 11.8. The highest BCUT2D eigenvalue weighted by atomic mass is 16.7. The highest BCUT2D eigenvalue weighted by Crippen LogP contribution is 2.52. The van der Waals surface area contributed by atoms with Gasteiger partial charge in [-0.25, -0.2) is 4.79 Å². The number of fused-ring (bicyclic) bond motifs is 2. The summed E-state index contributed by atoms with van der Waals surface area (Å²) in [5.41, 5.74) is 2.26. The fourth-order valence-corrected chi connectivity index (χ4v) is 5.21. The Morgan fingerprint density at radius 1 is 1.03 bits per heavy atom. The van der Waals surface area contributed by atoms with Crippen molar-refractivity contribution in [2.24, 2.45) is 17.8 Å². The molecule has 0 spiro atoms. The molecule has 8 nitrogen and oxygen atoms in total. The van der Waals surface area contributed by atoms with Crippen LogP contribution in [0.3, 0.4) is 0 Å². The molecular formula is C21H28O8. The van der Waals surface area contributed by atoms with Gasteiger partial charge in [-0.15, -0.1) is 0 Å². The second-order valence-corrected chi connectivity index (χ2v) is 8.52. The quantitative estimate of drug-likeness (QED) is 0.288. The molecule has 10 unspecified atom stereocenters. The van der Waals surface area contributed by atoms with Gasteiger partial charge >= 0.3 is 5.97 Å². The van der Waals surface area contributed by atoms with Crippen molar-refractivity contribution in [3.8, 4) is 0 Å². The minimum atomic E-state index is -1.59. The summed E-state index contributed by atoms with van der Waals surface area (Å²) < 4.78 is 16.7. The van der Waals surface area contributed by atoms with E-state index in [0.717, 1.165) is 11.1 Å². The molecule has 160 valence electrons. The van der Waals surface area contributed by atoms with Gasteiger partial charge in [-0.1, -0.05) is 25.3 Å². The molecule has 0 aromatic heterocycles. The Balaban J connectivity index is 1.52. The van der Waals surface area contributed by atoms with Crippen molar-refractivity contribution in [1.29, 1.82) is 0 Å². The molecule has 4 N–H and O–H groups in total. The molecule has 0 aromatic carbocycles. The molecule has 2 aliphatic carbocycles. The maximum atomic E-state index is 11.9. The van der Waals surface area contributed by atoms with E-state index in [1.165, 1.54) is 0 Å². The normalized spacial score (nSPS) is 47.6. The lowest BCUT2D eigenvalue weighted by Gasteiger charge is -2.41. The molecule has 8 heteroatoms. The van der Waals surface area contributed by atoms with E-state index >= 15 is 0 Å². The van der Waals surface area contributed by atoms with Crippen molar-refractivity contribution in [2.75, 3.05) is 6.61 Å². The number of aliphatic hydroxyl groups excluding tert-OH is 4. The van der Waals surface area contributed by atoms with E-state index in [0.29, 0.717) is 24.8 Å². The molecule has 4 aliphatic rings. The van der Waals surface area contributed by atoms with Crippen LogP contribution in [0.5, 0.6) is 0 Å². The molecule has 2 heterocycles. The summed E-state index contributed by atoms with van der Waals surface area (Å²) >= 11 is 0. The molecule has 29 heavy (non-hydrogen) atoms. The van der Waals surface area contributed by atoms with Crippen LogP contribution in [0, 0.1) is 17.8 Å². The van der Waals surface area contributed by atoms with Crippen molar-refractivity contribution in [3.63, 3.8) is 0 Å². The second-order valence-electron chi connectivity index (χ2n) is 8.52. The largest absolute Gasteiger partial charge is 0.458 e. The first-order valence-electron chi connectivity index (χ1n) is 9.95. The van der Waals surface area contributed by atoms with Gasteiger partial charge in [0.2, 0.25) is 0 Å². The molecule has 0 radical (unpaired) electrons. The van der Waals surface area contributed by atoms with Gasteiger partial charge in [0.15, 0.2) is 6.29 Å². The SMILES string of the molecule is C=C1C(=O)OC2CC(=C)C3CC(OC4C(CO)OC(O)C(O)C4O)C(=C)C3CC12. The van der Waals surface area contributed by atoms with Crippen LogP contribution in [0.25, 0.3) is 0 Å². The van der Waals surface area contributed by atoms with Crippen LogP contribution < -0.4 is 0 Å². The van der Waals surface area contributed by atoms with Crippen molar-refractivity contribution in [3.05, 3.63) is 36.5 Å².